The molecule has 1 heterocycles. The van der Waals surface area contributed by atoms with Crippen molar-refractivity contribution < 1.29 is 15.0 Å². The molecular weight excluding hydrogens is 210 g/mol. The van der Waals surface area contributed by atoms with Crippen LogP contribution in [-0.2, 0) is 0 Å². The molecule has 1 saturated carbocycles. The Morgan fingerprint density at radius 3 is 2.69 bits per heavy atom. The summed E-state index contributed by atoms with van der Waals surface area (Å²) < 4.78 is 0. The molecule has 16 heavy (non-hydrogen) atoms. The maximum Gasteiger partial charge on any atom is 0.410 e. The summed E-state index contributed by atoms with van der Waals surface area (Å²) in [5, 5.41) is 20.0. The van der Waals surface area contributed by atoms with E-state index in [1.54, 1.807) is 6.20 Å². The molecule has 0 saturated heterocycles. The molecule has 1 amide bonds. The number of carboxylic acid groups (broad SMARTS) is 1. The third-order valence-electron chi connectivity index (χ3n) is 2.73. The van der Waals surface area contributed by atoms with Gasteiger partial charge in [-0.25, -0.2) is 9.78 Å². The quantitative estimate of drug-likeness (QED) is 0.700. The third kappa shape index (κ3) is 2.46. The minimum Gasteiger partial charge on any atom is -0.465 e. The molecule has 86 valence electrons. The molecule has 3 N–H and O–H groups in total. The van der Waals surface area contributed by atoms with E-state index in [9.17, 15) is 9.90 Å². The smallest absolute Gasteiger partial charge is 0.410 e. The second-order valence-electron chi connectivity index (χ2n) is 3.92. The zero-order valence-corrected chi connectivity index (χ0v) is 8.63. The van der Waals surface area contributed by atoms with Gasteiger partial charge in [0, 0.05) is 5.92 Å². The highest BCUT2D eigenvalue weighted by Crippen LogP contribution is 2.32. The van der Waals surface area contributed by atoms with E-state index in [0.717, 1.165) is 18.5 Å². The normalized spacial score (nSPS) is 24.3. The summed E-state index contributed by atoms with van der Waals surface area (Å²) >= 11 is 0. The van der Waals surface area contributed by atoms with Crippen molar-refractivity contribution >= 4 is 11.9 Å². The van der Waals surface area contributed by atoms with Crippen LogP contribution in [0.2, 0.25) is 0 Å². The third-order valence-corrected chi connectivity index (χ3v) is 2.73. The van der Waals surface area contributed by atoms with Gasteiger partial charge in [-0.3, -0.25) is 10.3 Å². The average molecular weight is 223 g/mol. The van der Waals surface area contributed by atoms with Crippen LogP contribution in [-0.4, -0.2) is 32.4 Å². The molecule has 6 nitrogen and oxygen atoms in total. The highest BCUT2D eigenvalue weighted by Gasteiger charge is 2.25. The second-order valence-corrected chi connectivity index (χ2v) is 3.92. The summed E-state index contributed by atoms with van der Waals surface area (Å²) in [5.74, 6) is 0.455. The lowest BCUT2D eigenvalue weighted by Crippen LogP contribution is -2.10. The van der Waals surface area contributed by atoms with Crippen LogP contribution in [0.1, 0.15) is 30.9 Å². The van der Waals surface area contributed by atoms with Gasteiger partial charge in [0.25, 0.3) is 0 Å². The first kappa shape index (κ1) is 10.8. The maximum absolute atomic E-state index is 10.3. The molecule has 2 unspecified atom stereocenters. The first-order chi connectivity index (χ1) is 7.65. The molecule has 1 aromatic heterocycles. The molecule has 0 radical (unpaired) electrons. The fraction of sp³-hybridized carbons (Fsp3) is 0.500. The van der Waals surface area contributed by atoms with E-state index >= 15 is 0 Å². The van der Waals surface area contributed by atoms with Gasteiger partial charge in [0.1, 0.15) is 0 Å². The summed E-state index contributed by atoms with van der Waals surface area (Å²) in [6.07, 6.45) is 3.97. The maximum atomic E-state index is 10.3. The number of hydrogen-bond donors (Lipinski definition) is 3. The van der Waals surface area contributed by atoms with Crippen LogP contribution in [0.15, 0.2) is 12.4 Å². The van der Waals surface area contributed by atoms with Crippen molar-refractivity contribution in [3.05, 3.63) is 18.1 Å². The fourth-order valence-electron chi connectivity index (χ4n) is 1.95. The molecule has 0 aliphatic heterocycles. The van der Waals surface area contributed by atoms with Crippen molar-refractivity contribution in [2.45, 2.75) is 31.3 Å². The predicted molar refractivity (Wildman–Crippen MR) is 56.3 cm³/mol. The van der Waals surface area contributed by atoms with Crippen molar-refractivity contribution in [1.29, 1.82) is 0 Å². The molecule has 2 atom stereocenters. The Balaban J connectivity index is 2.04. The molecule has 1 aliphatic carbocycles. The number of carbonyl (C=O) groups is 1. The predicted octanol–water partition coefficient (Wildman–Crippen LogP) is 1.19. The number of aromatic nitrogens is 2. The number of anilines is 1. The number of nitrogens with zero attached hydrogens (tertiary/aromatic N) is 2. The number of amides is 1. The Morgan fingerprint density at radius 2 is 2.19 bits per heavy atom. The van der Waals surface area contributed by atoms with Crippen LogP contribution >= 0.6 is 0 Å². The Hall–Kier alpha value is -1.69. The van der Waals surface area contributed by atoms with Crippen LogP contribution < -0.4 is 5.32 Å². The monoisotopic (exact) mass is 223 g/mol. The summed E-state index contributed by atoms with van der Waals surface area (Å²) in [7, 11) is 0. The van der Waals surface area contributed by atoms with Gasteiger partial charge >= 0.3 is 6.09 Å². The summed E-state index contributed by atoms with van der Waals surface area (Å²) in [6.45, 7) is 0. The van der Waals surface area contributed by atoms with Crippen LogP contribution in [0, 0.1) is 0 Å². The SMILES string of the molecule is O=C(O)Nc1cnc(C2CCC(O)C2)cn1. The number of nitrogens with one attached hydrogen (secondary N) is 1. The van der Waals surface area contributed by atoms with Gasteiger partial charge in [-0.05, 0) is 19.3 Å². The minimum absolute atomic E-state index is 0.217. The van der Waals surface area contributed by atoms with Crippen LogP contribution in [0.3, 0.4) is 0 Å². The average Bonchev–Trinajstić information content (AvgIpc) is 2.65. The topological polar surface area (TPSA) is 95.3 Å². The molecular formula is C10H13N3O3. The molecule has 0 bridgehead atoms. The molecule has 0 aromatic carbocycles. The van der Waals surface area contributed by atoms with Crippen LogP contribution in [0.5, 0.6) is 0 Å². The molecule has 0 spiro atoms. The van der Waals surface area contributed by atoms with Crippen molar-refractivity contribution in [1.82, 2.24) is 9.97 Å². The van der Waals surface area contributed by atoms with E-state index in [-0.39, 0.29) is 17.8 Å². The standard InChI is InChI=1S/C10H13N3O3/c14-7-2-1-6(3-7)8-4-12-9(5-11-8)13-10(15)16/h4-7,14H,1-3H2,(H,12,13)(H,15,16). The van der Waals surface area contributed by atoms with Crippen molar-refractivity contribution in [3.63, 3.8) is 0 Å². The van der Waals surface area contributed by atoms with Gasteiger partial charge in [0.05, 0.1) is 24.2 Å². The van der Waals surface area contributed by atoms with Gasteiger partial charge < -0.3 is 10.2 Å². The molecule has 1 fully saturated rings. The summed E-state index contributed by atoms with van der Waals surface area (Å²) in [6, 6.07) is 0. The van der Waals surface area contributed by atoms with Crippen molar-refractivity contribution in [3.8, 4) is 0 Å². The van der Waals surface area contributed by atoms with Gasteiger partial charge in [-0.15, -0.1) is 0 Å². The van der Waals surface area contributed by atoms with Gasteiger partial charge in [-0.1, -0.05) is 0 Å². The highest BCUT2D eigenvalue weighted by molar-refractivity contribution is 5.81. The first-order valence-electron chi connectivity index (χ1n) is 5.15. The number of rotatable bonds is 2. The largest absolute Gasteiger partial charge is 0.465 e. The molecule has 1 aliphatic rings. The lowest BCUT2D eigenvalue weighted by Gasteiger charge is -2.08. The van der Waals surface area contributed by atoms with E-state index in [0.29, 0.717) is 6.42 Å². The van der Waals surface area contributed by atoms with Crippen LogP contribution in [0.4, 0.5) is 10.6 Å². The van der Waals surface area contributed by atoms with Gasteiger partial charge in [0.2, 0.25) is 0 Å². The summed E-state index contributed by atoms with van der Waals surface area (Å²) in [4.78, 5) is 18.4. The summed E-state index contributed by atoms with van der Waals surface area (Å²) in [5.41, 5.74) is 0.812. The highest BCUT2D eigenvalue weighted by atomic mass is 16.4. The Labute approximate surface area is 92.4 Å². The number of hydrogen-bond acceptors (Lipinski definition) is 4. The lowest BCUT2D eigenvalue weighted by molar-refractivity contribution is 0.181. The number of aliphatic hydroxyl groups excluding tert-OH is 1. The van der Waals surface area contributed by atoms with Gasteiger partial charge in [-0.2, -0.15) is 0 Å². The van der Waals surface area contributed by atoms with Crippen molar-refractivity contribution in [2.24, 2.45) is 0 Å². The number of aliphatic hydroxyl groups is 1. The first-order valence-corrected chi connectivity index (χ1v) is 5.15. The Morgan fingerprint density at radius 1 is 1.38 bits per heavy atom. The second kappa shape index (κ2) is 4.44. The van der Waals surface area contributed by atoms with Crippen molar-refractivity contribution in [2.75, 3.05) is 5.32 Å². The molecule has 6 heteroatoms. The van der Waals surface area contributed by atoms with E-state index in [2.05, 4.69) is 15.3 Å². The van der Waals surface area contributed by atoms with Gasteiger partial charge in [0.15, 0.2) is 5.82 Å². The van der Waals surface area contributed by atoms with E-state index in [1.807, 2.05) is 0 Å². The lowest BCUT2D eigenvalue weighted by atomic mass is 10.0. The van der Waals surface area contributed by atoms with E-state index in [4.69, 9.17) is 5.11 Å². The Kier molecular flexibility index (Phi) is 3.00. The van der Waals surface area contributed by atoms with Crippen LogP contribution in [0.25, 0.3) is 0 Å². The molecule has 2 rings (SSSR count). The van der Waals surface area contributed by atoms with E-state index in [1.165, 1.54) is 6.20 Å². The Bertz CT molecular complexity index is 379. The fourth-order valence-corrected chi connectivity index (χ4v) is 1.95. The van der Waals surface area contributed by atoms with E-state index < -0.39 is 6.09 Å². The minimum atomic E-state index is -1.15. The molecule has 1 aromatic rings. The zero-order chi connectivity index (χ0) is 11.5. The zero-order valence-electron chi connectivity index (χ0n) is 8.63.